The van der Waals surface area contributed by atoms with Gasteiger partial charge in [-0.3, -0.25) is 9.59 Å². The maximum absolute atomic E-state index is 13.8. The Kier molecular flexibility index (Phi) is 9.14. The molecule has 6 rings (SSSR count). The van der Waals surface area contributed by atoms with E-state index in [4.69, 9.17) is 9.84 Å². The summed E-state index contributed by atoms with van der Waals surface area (Å²) in [5, 5.41) is 20.8. The molecule has 3 heterocycles. The molecule has 222 valence electrons. The lowest BCUT2D eigenvalue weighted by molar-refractivity contribution is -0.130. The molecule has 1 aliphatic heterocycles. The normalized spacial score (nSPS) is 14.3. The van der Waals surface area contributed by atoms with E-state index in [1.54, 1.807) is 35.6 Å². The van der Waals surface area contributed by atoms with E-state index in [9.17, 15) is 9.59 Å². The van der Waals surface area contributed by atoms with Crippen molar-refractivity contribution in [1.82, 2.24) is 25.1 Å². The molecule has 2 amide bonds. The molecule has 11 heteroatoms. The Hall–Kier alpha value is -4.74. The first-order valence-electron chi connectivity index (χ1n) is 14.1. The number of amides is 2. The minimum absolute atomic E-state index is 0.122. The van der Waals surface area contributed by atoms with Gasteiger partial charge in [0, 0.05) is 12.0 Å². The van der Waals surface area contributed by atoms with Crippen LogP contribution in [0.1, 0.15) is 44.6 Å². The van der Waals surface area contributed by atoms with E-state index in [2.05, 4.69) is 15.5 Å². The van der Waals surface area contributed by atoms with E-state index in [-0.39, 0.29) is 30.2 Å². The van der Waals surface area contributed by atoms with Gasteiger partial charge in [-0.25, -0.2) is 5.01 Å². The van der Waals surface area contributed by atoms with Gasteiger partial charge in [-0.2, -0.15) is 5.10 Å². The fourth-order valence-electron chi connectivity index (χ4n) is 4.94. The van der Waals surface area contributed by atoms with Gasteiger partial charge in [0.2, 0.25) is 0 Å². The summed E-state index contributed by atoms with van der Waals surface area (Å²) in [6, 6.07) is 30.6. The SMILES string of the molecule is COc1ccc(C2CC(c3cccs3)=NN2C(=O)CSc2nnc(CNC(=O)c3ccccc3)n2Cc2ccccc2)cc1. The number of hydrogen-bond acceptors (Lipinski definition) is 8. The Bertz CT molecular complexity index is 1740. The van der Waals surface area contributed by atoms with Gasteiger partial charge in [0.05, 0.1) is 42.6 Å². The zero-order valence-electron chi connectivity index (χ0n) is 24.0. The van der Waals surface area contributed by atoms with Gasteiger partial charge in [0.1, 0.15) is 5.75 Å². The summed E-state index contributed by atoms with van der Waals surface area (Å²) in [5.41, 5.74) is 3.51. The number of aromatic nitrogens is 3. The van der Waals surface area contributed by atoms with Gasteiger partial charge in [-0.15, -0.1) is 21.5 Å². The van der Waals surface area contributed by atoms with Crippen molar-refractivity contribution < 1.29 is 14.3 Å². The number of carbonyl (C=O) groups is 2. The summed E-state index contributed by atoms with van der Waals surface area (Å²) in [6.07, 6.45) is 0.624. The van der Waals surface area contributed by atoms with Crippen molar-refractivity contribution in [2.45, 2.75) is 30.7 Å². The smallest absolute Gasteiger partial charge is 0.253 e. The van der Waals surface area contributed by atoms with Crippen LogP contribution in [-0.4, -0.2) is 50.2 Å². The van der Waals surface area contributed by atoms with Crippen molar-refractivity contribution in [1.29, 1.82) is 0 Å². The molecule has 2 aromatic heterocycles. The van der Waals surface area contributed by atoms with Crippen molar-refractivity contribution in [2.24, 2.45) is 5.10 Å². The number of nitrogens with zero attached hydrogens (tertiary/aromatic N) is 5. The number of benzene rings is 3. The van der Waals surface area contributed by atoms with Gasteiger partial charge in [0.15, 0.2) is 11.0 Å². The van der Waals surface area contributed by atoms with Crippen LogP contribution in [0, 0.1) is 0 Å². The topological polar surface area (TPSA) is 102 Å². The third-order valence-electron chi connectivity index (χ3n) is 7.22. The predicted molar refractivity (Wildman–Crippen MR) is 172 cm³/mol. The van der Waals surface area contributed by atoms with Gasteiger partial charge in [0.25, 0.3) is 11.8 Å². The van der Waals surface area contributed by atoms with E-state index in [1.165, 1.54) is 11.8 Å². The van der Waals surface area contributed by atoms with Crippen molar-refractivity contribution in [3.05, 3.63) is 130 Å². The van der Waals surface area contributed by atoms with Gasteiger partial charge in [-0.05, 0) is 46.8 Å². The first-order chi connectivity index (χ1) is 21.6. The number of ether oxygens (including phenoxy) is 1. The summed E-state index contributed by atoms with van der Waals surface area (Å²) >= 11 is 2.93. The van der Waals surface area contributed by atoms with E-state index in [1.807, 2.05) is 94.9 Å². The highest BCUT2D eigenvalue weighted by molar-refractivity contribution is 7.99. The van der Waals surface area contributed by atoms with Crippen molar-refractivity contribution >= 4 is 40.6 Å². The maximum atomic E-state index is 13.8. The molecule has 44 heavy (non-hydrogen) atoms. The number of thioether (sulfide) groups is 1. The zero-order valence-corrected chi connectivity index (χ0v) is 25.6. The molecule has 0 radical (unpaired) electrons. The predicted octanol–water partition coefficient (Wildman–Crippen LogP) is 5.80. The lowest BCUT2D eigenvalue weighted by Gasteiger charge is -2.22. The number of hydrazone groups is 1. The Labute approximate surface area is 263 Å². The largest absolute Gasteiger partial charge is 0.497 e. The summed E-state index contributed by atoms with van der Waals surface area (Å²) in [6.45, 7) is 0.696. The number of hydrogen-bond donors (Lipinski definition) is 1. The lowest BCUT2D eigenvalue weighted by Crippen LogP contribution is -2.28. The second kappa shape index (κ2) is 13.7. The molecule has 1 atom stereocenters. The average molecular weight is 623 g/mol. The van der Waals surface area contributed by atoms with Crippen LogP contribution < -0.4 is 10.1 Å². The summed E-state index contributed by atoms with van der Waals surface area (Å²) < 4.78 is 7.28. The highest BCUT2D eigenvalue weighted by Gasteiger charge is 2.33. The summed E-state index contributed by atoms with van der Waals surface area (Å²) in [7, 11) is 1.63. The highest BCUT2D eigenvalue weighted by Crippen LogP contribution is 2.35. The van der Waals surface area contributed by atoms with Crippen LogP contribution in [0.4, 0.5) is 0 Å². The molecule has 0 saturated heterocycles. The molecule has 5 aromatic rings. The number of rotatable bonds is 11. The molecule has 0 saturated carbocycles. The molecule has 1 aliphatic rings. The first-order valence-corrected chi connectivity index (χ1v) is 15.9. The number of nitrogens with one attached hydrogen (secondary N) is 1. The molecule has 1 N–H and O–H groups in total. The Morgan fingerprint density at radius 2 is 1.70 bits per heavy atom. The fraction of sp³-hybridized carbons (Fsp3) is 0.182. The molecule has 0 aliphatic carbocycles. The van der Waals surface area contributed by atoms with Crippen LogP contribution in [0.25, 0.3) is 0 Å². The minimum Gasteiger partial charge on any atom is -0.497 e. The van der Waals surface area contributed by atoms with E-state index >= 15 is 0 Å². The third kappa shape index (κ3) is 6.74. The molecule has 9 nitrogen and oxygen atoms in total. The molecule has 0 fully saturated rings. The quantitative estimate of drug-likeness (QED) is 0.187. The van der Waals surface area contributed by atoms with Crippen molar-refractivity contribution in [2.75, 3.05) is 12.9 Å². The molecule has 3 aromatic carbocycles. The van der Waals surface area contributed by atoms with Gasteiger partial charge in [-0.1, -0.05) is 78.5 Å². The van der Waals surface area contributed by atoms with Crippen LogP contribution in [0.5, 0.6) is 5.75 Å². The molecule has 0 bridgehead atoms. The van der Waals surface area contributed by atoms with Crippen LogP contribution in [-0.2, 0) is 17.9 Å². The van der Waals surface area contributed by atoms with Crippen LogP contribution >= 0.6 is 23.1 Å². The second-order valence-corrected chi connectivity index (χ2v) is 12.0. The number of thiophene rings is 1. The third-order valence-corrected chi connectivity index (χ3v) is 9.09. The monoisotopic (exact) mass is 622 g/mol. The molecular formula is C33H30N6O3S2. The molecule has 0 spiro atoms. The zero-order chi connectivity index (χ0) is 30.3. The van der Waals surface area contributed by atoms with Gasteiger partial charge >= 0.3 is 0 Å². The van der Waals surface area contributed by atoms with E-state index < -0.39 is 0 Å². The Morgan fingerprint density at radius 3 is 2.41 bits per heavy atom. The van der Waals surface area contributed by atoms with Crippen molar-refractivity contribution in [3.8, 4) is 5.75 Å². The van der Waals surface area contributed by atoms with E-state index in [0.29, 0.717) is 29.5 Å². The second-order valence-electron chi connectivity index (χ2n) is 10.1. The number of carbonyl (C=O) groups excluding carboxylic acids is 2. The Balaban J connectivity index is 1.21. The van der Waals surface area contributed by atoms with Crippen LogP contribution in [0.3, 0.4) is 0 Å². The van der Waals surface area contributed by atoms with Crippen LogP contribution in [0.2, 0.25) is 0 Å². The summed E-state index contributed by atoms with van der Waals surface area (Å²) in [5.74, 6) is 1.16. The minimum atomic E-state index is -0.225. The fourth-order valence-corrected chi connectivity index (χ4v) is 6.47. The number of methoxy groups -OCH3 is 1. The van der Waals surface area contributed by atoms with Crippen LogP contribution in [0.15, 0.2) is 113 Å². The Morgan fingerprint density at radius 1 is 0.955 bits per heavy atom. The average Bonchev–Trinajstić information content (AvgIpc) is 3.84. The molecular weight excluding hydrogens is 593 g/mol. The highest BCUT2D eigenvalue weighted by atomic mass is 32.2. The van der Waals surface area contributed by atoms with Gasteiger partial charge < -0.3 is 14.6 Å². The first kappa shape index (κ1) is 29.3. The van der Waals surface area contributed by atoms with E-state index in [0.717, 1.165) is 27.5 Å². The standard InChI is InChI=1S/C33H30N6O3S2/c1-42-26-16-14-24(15-17-26)28-19-27(29-13-8-18-43-29)37-39(28)31(40)22-44-33-36-35-30(38(33)21-23-9-4-2-5-10-23)20-34-32(41)25-11-6-3-7-12-25/h2-18,28H,19-22H2,1H3,(H,34,41). The van der Waals surface area contributed by atoms with Crippen molar-refractivity contribution in [3.63, 3.8) is 0 Å². The lowest BCUT2D eigenvalue weighted by atomic mass is 10.0. The molecule has 1 unspecified atom stereocenters. The maximum Gasteiger partial charge on any atom is 0.253 e. The summed E-state index contributed by atoms with van der Waals surface area (Å²) in [4.78, 5) is 27.5.